The van der Waals surface area contributed by atoms with Crippen molar-refractivity contribution in [3.8, 4) is 0 Å². The van der Waals surface area contributed by atoms with Gasteiger partial charge in [-0.25, -0.2) is 4.79 Å². The van der Waals surface area contributed by atoms with E-state index in [0.717, 1.165) is 5.57 Å². The summed E-state index contributed by atoms with van der Waals surface area (Å²) in [6.07, 6.45) is 0. The molecule has 0 aromatic heterocycles. The lowest BCUT2D eigenvalue weighted by atomic mass is 9.88. The summed E-state index contributed by atoms with van der Waals surface area (Å²) in [6, 6.07) is 0.112. The summed E-state index contributed by atoms with van der Waals surface area (Å²) < 4.78 is 0. The lowest BCUT2D eigenvalue weighted by molar-refractivity contribution is 0.105. The van der Waals surface area contributed by atoms with E-state index in [-0.39, 0.29) is 22.6 Å². The number of nitrogens with zero attached hydrogens (tertiary/aromatic N) is 2. The van der Waals surface area contributed by atoms with Crippen LogP contribution in [0.15, 0.2) is 12.2 Å². The van der Waals surface area contributed by atoms with Crippen molar-refractivity contribution in [2.75, 3.05) is 6.54 Å². The first-order chi connectivity index (χ1) is 7.82. The summed E-state index contributed by atoms with van der Waals surface area (Å²) in [5, 5.41) is 0. The Morgan fingerprint density at radius 3 is 1.83 bits per heavy atom. The van der Waals surface area contributed by atoms with Crippen LogP contribution in [-0.2, 0) is 0 Å². The van der Waals surface area contributed by atoms with E-state index in [2.05, 4.69) is 55.0 Å². The molecule has 0 saturated carbocycles. The summed E-state index contributed by atoms with van der Waals surface area (Å²) in [6.45, 7) is 21.4. The Kier molecular flexibility index (Phi) is 3.35. The molecule has 1 aliphatic rings. The number of rotatable bonds is 1. The van der Waals surface area contributed by atoms with Gasteiger partial charge in [-0.2, -0.15) is 0 Å². The number of carbonyl (C=O) groups is 1. The highest BCUT2D eigenvalue weighted by Crippen LogP contribution is 2.40. The van der Waals surface area contributed by atoms with Crippen LogP contribution in [0, 0.1) is 0 Å². The SMILES string of the molecule is C=C(C)C1(C)CN(C(C)(C)C)C(=O)N1C(C)(C)C. The third kappa shape index (κ3) is 2.27. The first kappa shape index (κ1) is 15.1. The second-order valence-corrected chi connectivity index (χ2v) is 7.60. The largest absolute Gasteiger partial charge is 0.321 e. The lowest BCUT2D eigenvalue weighted by Crippen LogP contribution is -2.55. The zero-order valence-corrected chi connectivity index (χ0v) is 13.2. The van der Waals surface area contributed by atoms with E-state index < -0.39 is 0 Å². The van der Waals surface area contributed by atoms with Crippen molar-refractivity contribution in [2.45, 2.75) is 72.0 Å². The Hall–Kier alpha value is -0.990. The number of amides is 2. The molecule has 1 aliphatic heterocycles. The van der Waals surface area contributed by atoms with Crippen molar-refractivity contribution in [2.24, 2.45) is 0 Å². The van der Waals surface area contributed by atoms with Crippen LogP contribution < -0.4 is 0 Å². The molecule has 0 radical (unpaired) electrons. The second kappa shape index (κ2) is 4.01. The summed E-state index contributed by atoms with van der Waals surface area (Å²) in [5.74, 6) is 0. The van der Waals surface area contributed by atoms with Crippen LogP contribution in [0.4, 0.5) is 4.79 Å². The molecule has 0 N–H and O–H groups in total. The van der Waals surface area contributed by atoms with Gasteiger partial charge in [0.05, 0.1) is 5.54 Å². The molecule has 104 valence electrons. The van der Waals surface area contributed by atoms with Gasteiger partial charge in [0.1, 0.15) is 0 Å². The van der Waals surface area contributed by atoms with E-state index in [0.29, 0.717) is 6.54 Å². The van der Waals surface area contributed by atoms with Crippen LogP contribution >= 0.6 is 0 Å². The van der Waals surface area contributed by atoms with Gasteiger partial charge < -0.3 is 9.80 Å². The molecule has 0 aliphatic carbocycles. The van der Waals surface area contributed by atoms with Crippen molar-refractivity contribution in [1.82, 2.24) is 9.80 Å². The molecular formula is C15H28N2O. The number of carbonyl (C=O) groups excluding carboxylic acids is 1. The maximum absolute atomic E-state index is 12.7. The Morgan fingerprint density at radius 2 is 1.61 bits per heavy atom. The number of hydrogen-bond acceptors (Lipinski definition) is 1. The van der Waals surface area contributed by atoms with Gasteiger partial charge in [0.25, 0.3) is 0 Å². The predicted molar refractivity (Wildman–Crippen MR) is 76.7 cm³/mol. The number of hydrogen-bond donors (Lipinski definition) is 0. The maximum atomic E-state index is 12.7. The Bertz CT molecular complexity index is 373. The zero-order valence-electron chi connectivity index (χ0n) is 13.2. The van der Waals surface area contributed by atoms with Crippen LogP contribution in [0.5, 0.6) is 0 Å². The molecule has 0 aromatic rings. The Balaban J connectivity index is 3.30. The first-order valence-corrected chi connectivity index (χ1v) is 6.60. The molecule has 1 saturated heterocycles. The van der Waals surface area contributed by atoms with Crippen LogP contribution in [0.3, 0.4) is 0 Å². The summed E-state index contributed by atoms with van der Waals surface area (Å²) >= 11 is 0. The highest BCUT2D eigenvalue weighted by atomic mass is 16.2. The molecule has 3 nitrogen and oxygen atoms in total. The third-order valence-corrected chi connectivity index (χ3v) is 3.78. The van der Waals surface area contributed by atoms with Gasteiger partial charge in [-0.1, -0.05) is 12.2 Å². The predicted octanol–water partition coefficient (Wildman–Crippen LogP) is 3.66. The van der Waals surface area contributed by atoms with Gasteiger partial charge >= 0.3 is 6.03 Å². The van der Waals surface area contributed by atoms with E-state index in [1.807, 2.05) is 16.7 Å². The second-order valence-electron chi connectivity index (χ2n) is 7.60. The Labute approximate surface area is 112 Å². The lowest BCUT2D eigenvalue weighted by Gasteiger charge is -2.43. The minimum absolute atomic E-state index is 0.112. The van der Waals surface area contributed by atoms with Gasteiger partial charge in [-0.3, -0.25) is 0 Å². The van der Waals surface area contributed by atoms with Crippen LogP contribution in [0.25, 0.3) is 0 Å². The molecule has 0 aromatic carbocycles. The summed E-state index contributed by atoms with van der Waals surface area (Å²) in [7, 11) is 0. The van der Waals surface area contributed by atoms with Gasteiger partial charge in [0, 0.05) is 17.6 Å². The standard InChI is InChI=1S/C15H28N2O/c1-11(2)15(9)10-16(13(3,4)5)12(18)17(15)14(6,7)8/h1,10H2,2-9H3. The molecule has 1 heterocycles. The zero-order chi connectivity index (χ0) is 14.5. The molecule has 1 unspecified atom stereocenters. The van der Waals surface area contributed by atoms with E-state index >= 15 is 0 Å². The van der Waals surface area contributed by atoms with Crippen molar-refractivity contribution < 1.29 is 4.79 Å². The quantitative estimate of drug-likeness (QED) is 0.653. The minimum atomic E-state index is -0.289. The Morgan fingerprint density at radius 1 is 1.17 bits per heavy atom. The molecule has 1 atom stereocenters. The fraction of sp³-hybridized carbons (Fsp3) is 0.800. The van der Waals surface area contributed by atoms with Crippen molar-refractivity contribution in [1.29, 1.82) is 0 Å². The number of urea groups is 1. The molecule has 0 bridgehead atoms. The molecule has 1 rings (SSSR count). The van der Waals surface area contributed by atoms with Crippen LogP contribution in [0.1, 0.15) is 55.4 Å². The summed E-state index contributed by atoms with van der Waals surface area (Å²) in [5.41, 5.74) is 0.388. The summed E-state index contributed by atoms with van der Waals surface area (Å²) in [4.78, 5) is 16.7. The molecule has 3 heteroatoms. The van der Waals surface area contributed by atoms with E-state index in [1.165, 1.54) is 0 Å². The van der Waals surface area contributed by atoms with Gasteiger partial charge in [-0.15, -0.1) is 0 Å². The fourth-order valence-corrected chi connectivity index (χ4v) is 2.66. The molecule has 18 heavy (non-hydrogen) atoms. The smallest absolute Gasteiger partial charge is 0.317 e. The van der Waals surface area contributed by atoms with Crippen molar-refractivity contribution in [3.63, 3.8) is 0 Å². The fourth-order valence-electron chi connectivity index (χ4n) is 2.66. The van der Waals surface area contributed by atoms with Crippen molar-refractivity contribution in [3.05, 3.63) is 12.2 Å². The van der Waals surface area contributed by atoms with Gasteiger partial charge in [-0.05, 0) is 55.4 Å². The highest BCUT2D eigenvalue weighted by molar-refractivity contribution is 5.80. The van der Waals surface area contributed by atoms with E-state index in [4.69, 9.17) is 0 Å². The van der Waals surface area contributed by atoms with E-state index in [1.54, 1.807) is 0 Å². The van der Waals surface area contributed by atoms with E-state index in [9.17, 15) is 4.79 Å². The highest BCUT2D eigenvalue weighted by Gasteiger charge is 2.53. The average Bonchev–Trinajstić information content (AvgIpc) is 2.37. The van der Waals surface area contributed by atoms with Crippen molar-refractivity contribution >= 4 is 6.03 Å². The normalized spacial score (nSPS) is 25.9. The van der Waals surface area contributed by atoms with Gasteiger partial charge in [0.2, 0.25) is 0 Å². The average molecular weight is 252 g/mol. The van der Waals surface area contributed by atoms with Gasteiger partial charge in [0.15, 0.2) is 0 Å². The molecule has 1 fully saturated rings. The molecule has 2 amide bonds. The monoisotopic (exact) mass is 252 g/mol. The molecule has 0 spiro atoms. The van der Waals surface area contributed by atoms with Crippen LogP contribution in [-0.4, -0.2) is 39.0 Å². The minimum Gasteiger partial charge on any atom is -0.317 e. The maximum Gasteiger partial charge on any atom is 0.321 e. The first-order valence-electron chi connectivity index (χ1n) is 6.60. The molecular weight excluding hydrogens is 224 g/mol. The third-order valence-electron chi connectivity index (χ3n) is 3.78. The van der Waals surface area contributed by atoms with Crippen LogP contribution in [0.2, 0.25) is 0 Å². The topological polar surface area (TPSA) is 23.6 Å².